The van der Waals surface area contributed by atoms with Gasteiger partial charge in [-0.3, -0.25) is 0 Å². The number of unbranched alkanes of at least 4 members (excludes halogenated alkanes) is 3. The molecule has 3 heteroatoms. The summed E-state index contributed by atoms with van der Waals surface area (Å²) in [7, 11) is 0. The molecule has 3 saturated carbocycles. The molecule has 0 N–H and O–H groups in total. The van der Waals surface area contributed by atoms with Crippen molar-refractivity contribution in [3.8, 4) is 5.75 Å². The molecule has 0 aliphatic heterocycles. The maximum absolute atomic E-state index is 14.8. The van der Waals surface area contributed by atoms with Gasteiger partial charge in [-0.05, 0) is 105 Å². The van der Waals surface area contributed by atoms with Crippen molar-refractivity contribution in [1.82, 2.24) is 0 Å². The van der Waals surface area contributed by atoms with Crippen LogP contribution in [-0.2, 0) is 0 Å². The molecule has 3 aliphatic rings. The zero-order valence-electron chi connectivity index (χ0n) is 21.4. The van der Waals surface area contributed by atoms with Crippen LogP contribution in [0.25, 0.3) is 0 Å². The van der Waals surface area contributed by atoms with Crippen LogP contribution in [-0.4, -0.2) is 6.61 Å². The van der Waals surface area contributed by atoms with Crippen LogP contribution in [0.15, 0.2) is 24.8 Å². The van der Waals surface area contributed by atoms with Gasteiger partial charge in [0, 0.05) is 0 Å². The highest BCUT2D eigenvalue weighted by atomic mass is 19.2. The predicted molar refractivity (Wildman–Crippen MR) is 137 cm³/mol. The van der Waals surface area contributed by atoms with Gasteiger partial charge in [0.1, 0.15) is 6.61 Å². The second-order valence-corrected chi connectivity index (χ2v) is 11.6. The molecule has 0 saturated heterocycles. The van der Waals surface area contributed by atoms with Gasteiger partial charge < -0.3 is 4.74 Å². The minimum absolute atomic E-state index is 0.0118. The van der Waals surface area contributed by atoms with Crippen LogP contribution in [0.4, 0.5) is 8.78 Å². The third-order valence-electron chi connectivity index (χ3n) is 9.54. The summed E-state index contributed by atoms with van der Waals surface area (Å²) in [6.45, 7) is 6.05. The molecule has 0 heterocycles. The Morgan fingerprint density at radius 3 is 2.24 bits per heavy atom. The SMILES string of the molecule is C=CCOc1ccc(C2CCC(C3CCC4CC(CCCCCC)CCC4C3)CC2)c(F)c1F. The summed E-state index contributed by atoms with van der Waals surface area (Å²) >= 11 is 0. The average Bonchev–Trinajstić information content (AvgIpc) is 2.87. The van der Waals surface area contributed by atoms with E-state index in [0.717, 1.165) is 42.4 Å². The normalized spacial score (nSPS) is 31.6. The van der Waals surface area contributed by atoms with E-state index in [0.29, 0.717) is 5.56 Å². The lowest BCUT2D eigenvalue weighted by Gasteiger charge is -2.45. The molecule has 3 aliphatic carbocycles. The summed E-state index contributed by atoms with van der Waals surface area (Å²) < 4.78 is 34.5. The minimum atomic E-state index is -0.847. The number of benzene rings is 1. The Morgan fingerprint density at radius 1 is 0.824 bits per heavy atom. The maximum Gasteiger partial charge on any atom is 0.200 e. The molecule has 34 heavy (non-hydrogen) atoms. The summed E-state index contributed by atoms with van der Waals surface area (Å²) in [4.78, 5) is 0. The zero-order chi connectivity index (χ0) is 23.9. The molecule has 3 fully saturated rings. The minimum Gasteiger partial charge on any atom is -0.486 e. The van der Waals surface area contributed by atoms with Crippen molar-refractivity contribution in [3.63, 3.8) is 0 Å². The van der Waals surface area contributed by atoms with Crippen LogP contribution in [0.5, 0.6) is 5.75 Å². The fourth-order valence-electron chi connectivity index (χ4n) is 7.60. The number of hydrogen-bond donors (Lipinski definition) is 0. The number of hydrogen-bond acceptors (Lipinski definition) is 1. The first-order valence-corrected chi connectivity index (χ1v) is 14.3. The highest BCUT2D eigenvalue weighted by Crippen LogP contribution is 2.50. The molecule has 1 aromatic rings. The topological polar surface area (TPSA) is 9.23 Å². The Kier molecular flexibility index (Phi) is 9.48. The van der Waals surface area contributed by atoms with Crippen molar-refractivity contribution in [3.05, 3.63) is 42.0 Å². The lowest BCUT2D eigenvalue weighted by molar-refractivity contribution is 0.0612. The first-order chi connectivity index (χ1) is 16.6. The Hall–Kier alpha value is -1.38. The van der Waals surface area contributed by atoms with E-state index < -0.39 is 11.6 Å². The Morgan fingerprint density at radius 2 is 1.50 bits per heavy atom. The van der Waals surface area contributed by atoms with Gasteiger partial charge in [-0.1, -0.05) is 64.2 Å². The van der Waals surface area contributed by atoms with Gasteiger partial charge in [0.25, 0.3) is 0 Å². The monoisotopic (exact) mass is 472 g/mol. The van der Waals surface area contributed by atoms with E-state index in [1.54, 1.807) is 18.2 Å². The Bertz CT molecular complexity index is 782. The van der Waals surface area contributed by atoms with Crippen molar-refractivity contribution in [2.24, 2.45) is 29.6 Å². The van der Waals surface area contributed by atoms with Gasteiger partial charge in [-0.2, -0.15) is 4.39 Å². The van der Waals surface area contributed by atoms with Gasteiger partial charge in [-0.25, -0.2) is 4.39 Å². The number of ether oxygens (including phenoxy) is 1. The third kappa shape index (κ3) is 6.24. The van der Waals surface area contributed by atoms with Crippen LogP contribution >= 0.6 is 0 Å². The van der Waals surface area contributed by atoms with Crippen LogP contribution in [0.1, 0.15) is 115 Å². The largest absolute Gasteiger partial charge is 0.486 e. The highest BCUT2D eigenvalue weighted by Gasteiger charge is 2.39. The van der Waals surface area contributed by atoms with Gasteiger partial charge >= 0.3 is 0 Å². The van der Waals surface area contributed by atoms with Crippen LogP contribution in [0.2, 0.25) is 0 Å². The molecule has 0 radical (unpaired) electrons. The predicted octanol–water partition coefficient (Wildman–Crippen LogP) is 9.61. The first-order valence-electron chi connectivity index (χ1n) is 14.3. The van der Waals surface area contributed by atoms with Crippen LogP contribution in [0, 0.1) is 41.2 Å². The summed E-state index contributed by atoms with van der Waals surface area (Å²) in [5.74, 6) is 3.15. The van der Waals surface area contributed by atoms with E-state index in [1.165, 1.54) is 83.5 Å². The van der Waals surface area contributed by atoms with Crippen LogP contribution < -0.4 is 4.74 Å². The molecule has 1 aromatic carbocycles. The van der Waals surface area contributed by atoms with E-state index in [9.17, 15) is 8.78 Å². The quantitative estimate of drug-likeness (QED) is 0.243. The highest BCUT2D eigenvalue weighted by molar-refractivity contribution is 5.33. The molecule has 0 bridgehead atoms. The molecule has 4 atom stereocenters. The fourth-order valence-corrected chi connectivity index (χ4v) is 7.60. The van der Waals surface area contributed by atoms with Gasteiger partial charge in [0.15, 0.2) is 11.6 Å². The van der Waals surface area contributed by atoms with Gasteiger partial charge in [0.05, 0.1) is 0 Å². The van der Waals surface area contributed by atoms with Crippen LogP contribution in [0.3, 0.4) is 0 Å². The molecule has 4 rings (SSSR count). The zero-order valence-corrected chi connectivity index (χ0v) is 21.4. The molecular formula is C31H46F2O. The summed E-state index contributed by atoms with van der Waals surface area (Å²) in [5.41, 5.74) is 0.544. The van der Waals surface area contributed by atoms with E-state index in [-0.39, 0.29) is 18.3 Å². The molecule has 1 nitrogen and oxygen atoms in total. The van der Waals surface area contributed by atoms with Gasteiger partial charge in [-0.15, -0.1) is 0 Å². The third-order valence-corrected chi connectivity index (χ3v) is 9.54. The maximum atomic E-state index is 14.8. The molecular weight excluding hydrogens is 426 g/mol. The van der Waals surface area contributed by atoms with Crippen molar-refractivity contribution >= 4 is 0 Å². The summed E-state index contributed by atoms with van der Waals surface area (Å²) in [6.07, 6.45) is 21.6. The lowest BCUT2D eigenvalue weighted by atomic mass is 9.60. The molecule has 4 unspecified atom stereocenters. The van der Waals surface area contributed by atoms with Crippen molar-refractivity contribution in [2.75, 3.05) is 6.61 Å². The molecule has 0 amide bonds. The Balaban J connectivity index is 1.24. The first kappa shape index (κ1) is 25.7. The Labute approximate surface area is 206 Å². The van der Waals surface area contributed by atoms with Gasteiger partial charge in [0.2, 0.25) is 5.82 Å². The smallest absolute Gasteiger partial charge is 0.200 e. The molecule has 190 valence electrons. The fraction of sp³-hybridized carbons (Fsp3) is 0.742. The second kappa shape index (κ2) is 12.5. The van der Waals surface area contributed by atoms with Crippen molar-refractivity contribution < 1.29 is 13.5 Å². The van der Waals surface area contributed by atoms with E-state index in [2.05, 4.69) is 13.5 Å². The number of rotatable bonds is 10. The number of halogens is 2. The second-order valence-electron chi connectivity index (χ2n) is 11.6. The summed E-state index contributed by atoms with van der Waals surface area (Å²) in [6, 6.07) is 3.33. The average molecular weight is 473 g/mol. The lowest BCUT2D eigenvalue weighted by Crippen LogP contribution is -2.34. The number of fused-ring (bicyclic) bond motifs is 1. The standard InChI is InChI=1S/C31H46F2O/c1-3-5-6-7-8-22-9-10-27-21-26(16-15-25(27)20-22)23-11-13-24(14-12-23)28-17-18-29(34-19-4-2)31(33)30(28)32/h4,17-18,22-27H,2-3,5-16,19-21H2,1H3. The van der Waals surface area contributed by atoms with Crippen molar-refractivity contribution in [1.29, 1.82) is 0 Å². The molecule has 0 aromatic heterocycles. The summed E-state index contributed by atoms with van der Waals surface area (Å²) in [5, 5.41) is 0. The van der Waals surface area contributed by atoms with Crippen molar-refractivity contribution in [2.45, 2.75) is 109 Å². The molecule has 0 spiro atoms. The van der Waals surface area contributed by atoms with E-state index in [1.807, 2.05) is 0 Å². The van der Waals surface area contributed by atoms with E-state index in [4.69, 9.17) is 4.74 Å². The van der Waals surface area contributed by atoms with E-state index >= 15 is 0 Å².